The maximum atomic E-state index is 9.06. The van der Waals surface area contributed by atoms with Gasteiger partial charge in [0.15, 0.2) is 18.2 Å². The van der Waals surface area contributed by atoms with E-state index >= 15 is 0 Å². The van der Waals surface area contributed by atoms with Crippen LogP contribution >= 0.6 is 0 Å². The SMILES string of the molecule is C[C@H]1C(OCCO)OC2O[C@]3(C)CCC4[C@H](C)CCC1[C@@]24OO3. The fourth-order valence-electron chi connectivity index (χ4n) is 5.23. The van der Waals surface area contributed by atoms with Crippen molar-refractivity contribution in [2.45, 2.75) is 70.4 Å². The average Bonchev–Trinajstić information content (AvgIpc) is 2.76. The van der Waals surface area contributed by atoms with Gasteiger partial charge in [0.2, 0.25) is 5.79 Å². The van der Waals surface area contributed by atoms with E-state index in [1.54, 1.807) is 0 Å². The molecule has 6 heteroatoms. The number of aliphatic hydroxyl groups excluding tert-OH is 1. The van der Waals surface area contributed by atoms with E-state index in [0.29, 0.717) is 11.8 Å². The van der Waals surface area contributed by atoms with Crippen molar-refractivity contribution in [1.29, 1.82) is 0 Å². The van der Waals surface area contributed by atoms with Gasteiger partial charge in [-0.2, -0.15) is 0 Å². The zero-order valence-electron chi connectivity index (χ0n) is 14.2. The van der Waals surface area contributed by atoms with E-state index in [9.17, 15) is 0 Å². The summed E-state index contributed by atoms with van der Waals surface area (Å²) in [5.41, 5.74) is -0.536. The Kier molecular flexibility index (Phi) is 3.99. The van der Waals surface area contributed by atoms with E-state index in [1.165, 1.54) is 6.42 Å². The number of hydrogen-bond donors (Lipinski definition) is 1. The molecule has 0 aromatic rings. The molecule has 5 fully saturated rings. The third kappa shape index (κ3) is 2.30. The highest BCUT2D eigenvalue weighted by Gasteiger charge is 2.69. The Morgan fingerprint density at radius 2 is 1.96 bits per heavy atom. The summed E-state index contributed by atoms with van der Waals surface area (Å²) in [4.78, 5) is 11.8. The second-order valence-corrected chi connectivity index (χ2v) is 7.87. The first kappa shape index (κ1) is 16.2. The fraction of sp³-hybridized carbons (Fsp3) is 1.00. The molecule has 8 atom stereocenters. The van der Waals surface area contributed by atoms with Crippen LogP contribution in [0.1, 0.15) is 46.5 Å². The third-order valence-electron chi connectivity index (χ3n) is 6.47. The molecule has 23 heavy (non-hydrogen) atoms. The zero-order valence-corrected chi connectivity index (χ0v) is 14.2. The first-order valence-electron chi connectivity index (χ1n) is 8.93. The molecule has 0 radical (unpaired) electrons. The summed E-state index contributed by atoms with van der Waals surface area (Å²) in [5, 5.41) is 9.06. The summed E-state index contributed by atoms with van der Waals surface area (Å²) >= 11 is 0. The Morgan fingerprint density at radius 3 is 2.74 bits per heavy atom. The third-order valence-corrected chi connectivity index (χ3v) is 6.47. The largest absolute Gasteiger partial charge is 0.394 e. The van der Waals surface area contributed by atoms with Crippen molar-refractivity contribution in [3.05, 3.63) is 0 Å². The molecule has 5 rings (SSSR count). The number of hydrogen-bond acceptors (Lipinski definition) is 6. The Morgan fingerprint density at radius 1 is 1.13 bits per heavy atom. The predicted octanol–water partition coefficient (Wildman–Crippen LogP) is 2.20. The van der Waals surface area contributed by atoms with Gasteiger partial charge in [-0.1, -0.05) is 13.8 Å². The van der Waals surface area contributed by atoms with E-state index in [2.05, 4.69) is 13.8 Å². The predicted molar refractivity (Wildman–Crippen MR) is 79.9 cm³/mol. The zero-order chi connectivity index (χ0) is 16.2. The van der Waals surface area contributed by atoms with Crippen molar-refractivity contribution in [3.8, 4) is 0 Å². The first-order chi connectivity index (χ1) is 11.0. The van der Waals surface area contributed by atoms with Crippen LogP contribution in [0.5, 0.6) is 0 Å². The van der Waals surface area contributed by atoms with Crippen molar-refractivity contribution in [2.24, 2.45) is 23.7 Å². The minimum Gasteiger partial charge on any atom is -0.394 e. The number of fused-ring (bicyclic) bond motifs is 2. The highest BCUT2D eigenvalue weighted by atomic mass is 17.3. The molecule has 4 aliphatic heterocycles. The van der Waals surface area contributed by atoms with E-state index < -0.39 is 17.7 Å². The van der Waals surface area contributed by atoms with Gasteiger partial charge in [-0.05, 0) is 38.0 Å². The standard InChI is InChI=1S/C17H28O6/c1-10-4-5-13-11(2)14(19-9-8-18)20-15-17(13)12(10)6-7-16(3,21-15)22-23-17/h10-15,18H,4-9H2,1-3H3/t10-,11-,12?,13?,14?,15?,16+,17-/m1/s1. The summed E-state index contributed by atoms with van der Waals surface area (Å²) in [7, 11) is 0. The Bertz CT molecular complexity index is 458. The van der Waals surface area contributed by atoms with E-state index in [0.717, 1.165) is 19.3 Å². The van der Waals surface area contributed by atoms with Gasteiger partial charge in [-0.3, -0.25) is 0 Å². The molecule has 2 bridgehead atoms. The van der Waals surface area contributed by atoms with Crippen LogP contribution in [-0.2, 0) is 24.0 Å². The van der Waals surface area contributed by atoms with Crippen molar-refractivity contribution in [2.75, 3.05) is 13.2 Å². The molecule has 4 unspecified atom stereocenters. The molecule has 0 aromatic carbocycles. The van der Waals surface area contributed by atoms with Crippen LogP contribution in [0.4, 0.5) is 0 Å². The van der Waals surface area contributed by atoms with Crippen molar-refractivity contribution in [3.63, 3.8) is 0 Å². The topological polar surface area (TPSA) is 66.4 Å². The molecular weight excluding hydrogens is 300 g/mol. The lowest BCUT2D eigenvalue weighted by Gasteiger charge is -2.60. The summed E-state index contributed by atoms with van der Waals surface area (Å²) in [6.07, 6.45) is 3.24. The van der Waals surface area contributed by atoms with Crippen molar-refractivity contribution >= 4 is 0 Å². The fourth-order valence-corrected chi connectivity index (χ4v) is 5.23. The minimum absolute atomic E-state index is 0.00903. The maximum absolute atomic E-state index is 9.06. The number of rotatable bonds is 3. The highest BCUT2D eigenvalue weighted by molar-refractivity contribution is 5.09. The molecular formula is C17H28O6. The molecule has 4 heterocycles. The van der Waals surface area contributed by atoms with Crippen molar-refractivity contribution in [1.82, 2.24) is 0 Å². The Balaban J connectivity index is 1.70. The van der Waals surface area contributed by atoms with Crippen LogP contribution in [-0.4, -0.2) is 42.3 Å². The quantitative estimate of drug-likeness (QED) is 0.801. The molecule has 1 saturated carbocycles. The van der Waals surface area contributed by atoms with Gasteiger partial charge in [0.1, 0.15) is 0 Å². The Hall–Kier alpha value is -0.240. The molecule has 1 spiro atoms. The van der Waals surface area contributed by atoms with Crippen LogP contribution in [0.25, 0.3) is 0 Å². The lowest BCUT2D eigenvalue weighted by atomic mass is 9.58. The number of aliphatic hydroxyl groups is 1. The smallest absolute Gasteiger partial charge is 0.201 e. The first-order valence-corrected chi connectivity index (χ1v) is 8.93. The second-order valence-electron chi connectivity index (χ2n) is 7.87. The summed E-state index contributed by atoms with van der Waals surface area (Å²) in [5.74, 6) is 0.625. The molecule has 1 aliphatic carbocycles. The average molecular weight is 328 g/mol. The summed E-state index contributed by atoms with van der Waals surface area (Å²) in [6.45, 7) is 6.63. The van der Waals surface area contributed by atoms with Gasteiger partial charge in [-0.25, -0.2) is 9.78 Å². The molecule has 0 aromatic heterocycles. The van der Waals surface area contributed by atoms with Gasteiger partial charge >= 0.3 is 0 Å². The monoisotopic (exact) mass is 328 g/mol. The van der Waals surface area contributed by atoms with E-state index in [4.69, 9.17) is 29.1 Å². The van der Waals surface area contributed by atoms with Crippen LogP contribution in [0.3, 0.4) is 0 Å². The Labute approximate surface area is 137 Å². The van der Waals surface area contributed by atoms with Gasteiger partial charge in [0.25, 0.3) is 0 Å². The van der Waals surface area contributed by atoms with Gasteiger partial charge in [0.05, 0.1) is 13.2 Å². The normalized spacial score (nSPS) is 55.3. The van der Waals surface area contributed by atoms with Crippen LogP contribution in [0, 0.1) is 23.7 Å². The molecule has 1 N–H and O–H groups in total. The van der Waals surface area contributed by atoms with Crippen LogP contribution in [0.2, 0.25) is 0 Å². The van der Waals surface area contributed by atoms with Crippen LogP contribution in [0.15, 0.2) is 0 Å². The van der Waals surface area contributed by atoms with E-state index in [1.807, 2.05) is 6.92 Å². The summed E-state index contributed by atoms with van der Waals surface area (Å²) in [6, 6.07) is 0. The second kappa shape index (κ2) is 5.64. The minimum atomic E-state index is -0.750. The molecule has 4 saturated heterocycles. The van der Waals surface area contributed by atoms with Gasteiger partial charge in [-0.15, -0.1) is 0 Å². The highest BCUT2D eigenvalue weighted by Crippen LogP contribution is 2.60. The molecule has 132 valence electrons. The summed E-state index contributed by atoms with van der Waals surface area (Å²) < 4.78 is 18.2. The molecule has 5 aliphatic rings. The molecule has 6 nitrogen and oxygen atoms in total. The van der Waals surface area contributed by atoms with Gasteiger partial charge in [0, 0.05) is 18.3 Å². The van der Waals surface area contributed by atoms with Gasteiger partial charge < -0.3 is 19.3 Å². The van der Waals surface area contributed by atoms with Crippen molar-refractivity contribution < 1.29 is 29.1 Å². The lowest BCUT2D eigenvalue weighted by Crippen LogP contribution is -2.70. The lowest BCUT2D eigenvalue weighted by molar-refractivity contribution is -0.577. The molecule has 0 amide bonds. The van der Waals surface area contributed by atoms with E-state index in [-0.39, 0.29) is 31.3 Å². The van der Waals surface area contributed by atoms with Crippen LogP contribution < -0.4 is 0 Å². The number of ether oxygens (including phenoxy) is 3. The maximum Gasteiger partial charge on any atom is 0.201 e.